The second-order valence-electron chi connectivity index (χ2n) is 4.58. The minimum absolute atomic E-state index is 0.809. The average Bonchev–Trinajstić information content (AvgIpc) is 2.39. The van der Waals surface area contributed by atoms with Crippen LogP contribution in [-0.4, -0.2) is 35.5 Å². The highest BCUT2D eigenvalue weighted by atomic mass is 32.1. The van der Waals surface area contributed by atoms with Gasteiger partial charge in [-0.15, -0.1) is 0 Å². The van der Waals surface area contributed by atoms with E-state index in [9.17, 15) is 0 Å². The first-order valence-corrected chi connectivity index (χ1v) is 6.52. The van der Waals surface area contributed by atoms with Gasteiger partial charge in [0.1, 0.15) is 0 Å². The first kappa shape index (κ1) is 13.6. The van der Waals surface area contributed by atoms with E-state index in [2.05, 4.69) is 27.0 Å². The van der Waals surface area contributed by atoms with Crippen LogP contribution >= 0.6 is 12.2 Å². The van der Waals surface area contributed by atoms with Gasteiger partial charge in [0, 0.05) is 23.4 Å². The molecule has 0 radical (unpaired) electrons. The lowest BCUT2D eigenvalue weighted by atomic mass is 10.1. The summed E-state index contributed by atoms with van der Waals surface area (Å²) in [6.45, 7) is 0.922. The smallest absolute Gasteiger partial charge is 0.0870 e. The highest BCUT2D eigenvalue weighted by Crippen LogP contribution is 2.16. The molecule has 2 heterocycles. The SMILES string of the molecule is CN(C)C/C=C\c1ccnc(-c2cc(=S)cc[nH]2)c1. The Kier molecular flexibility index (Phi) is 4.60. The molecule has 19 heavy (non-hydrogen) atoms. The Bertz CT molecular complexity index is 629. The number of H-pyrrole nitrogens is 1. The molecule has 0 unspecified atom stereocenters. The van der Waals surface area contributed by atoms with Crippen LogP contribution in [0, 0.1) is 4.51 Å². The Morgan fingerprint density at radius 1 is 1.32 bits per heavy atom. The van der Waals surface area contributed by atoms with Gasteiger partial charge in [-0.3, -0.25) is 4.98 Å². The van der Waals surface area contributed by atoms with Gasteiger partial charge in [0.05, 0.1) is 11.4 Å². The second kappa shape index (κ2) is 6.41. The third-order valence-electron chi connectivity index (χ3n) is 2.61. The second-order valence-corrected chi connectivity index (χ2v) is 5.05. The van der Waals surface area contributed by atoms with E-state index >= 15 is 0 Å². The Balaban J connectivity index is 2.24. The fraction of sp³-hybridized carbons (Fsp3) is 0.200. The molecule has 1 N–H and O–H groups in total. The Hall–Kier alpha value is -1.78. The van der Waals surface area contributed by atoms with Gasteiger partial charge in [-0.2, -0.15) is 0 Å². The highest BCUT2D eigenvalue weighted by molar-refractivity contribution is 7.71. The molecule has 2 aromatic heterocycles. The predicted molar refractivity (Wildman–Crippen MR) is 82.4 cm³/mol. The molecule has 2 aromatic rings. The summed E-state index contributed by atoms with van der Waals surface area (Å²) >= 11 is 5.16. The molecular weight excluding hydrogens is 254 g/mol. The molecule has 98 valence electrons. The predicted octanol–water partition coefficient (Wildman–Crippen LogP) is 3.38. The van der Waals surface area contributed by atoms with E-state index < -0.39 is 0 Å². The number of rotatable bonds is 4. The Morgan fingerprint density at radius 3 is 2.89 bits per heavy atom. The summed E-state index contributed by atoms with van der Waals surface area (Å²) in [5.41, 5.74) is 2.98. The summed E-state index contributed by atoms with van der Waals surface area (Å²) in [5.74, 6) is 0. The minimum Gasteiger partial charge on any atom is -0.360 e. The van der Waals surface area contributed by atoms with E-state index in [1.807, 2.05) is 50.8 Å². The summed E-state index contributed by atoms with van der Waals surface area (Å²) in [4.78, 5) is 9.66. The molecule has 0 atom stereocenters. The van der Waals surface area contributed by atoms with Gasteiger partial charge in [-0.1, -0.05) is 24.4 Å². The van der Waals surface area contributed by atoms with E-state index in [4.69, 9.17) is 12.2 Å². The zero-order chi connectivity index (χ0) is 13.7. The number of nitrogens with zero attached hydrogens (tertiary/aromatic N) is 2. The van der Waals surface area contributed by atoms with Gasteiger partial charge in [0.15, 0.2) is 0 Å². The van der Waals surface area contributed by atoms with Crippen LogP contribution < -0.4 is 0 Å². The molecule has 0 fully saturated rings. The first-order valence-electron chi connectivity index (χ1n) is 6.11. The van der Waals surface area contributed by atoms with Crippen molar-refractivity contribution in [3.8, 4) is 11.4 Å². The van der Waals surface area contributed by atoms with Crippen molar-refractivity contribution >= 4 is 18.3 Å². The largest absolute Gasteiger partial charge is 0.360 e. The fourth-order valence-corrected chi connectivity index (χ4v) is 1.88. The van der Waals surface area contributed by atoms with E-state index in [0.29, 0.717) is 0 Å². The topological polar surface area (TPSA) is 31.9 Å². The number of aromatic nitrogens is 2. The molecule has 4 heteroatoms. The molecular formula is C15H17N3S. The number of nitrogens with one attached hydrogen (secondary N) is 1. The molecule has 0 aliphatic rings. The molecule has 0 saturated carbocycles. The lowest BCUT2D eigenvalue weighted by molar-refractivity contribution is 0.457. The standard InChI is InChI=1S/C15H17N3S/c1-18(2)9-3-4-12-5-7-16-14(10-12)15-11-13(19)6-8-17-15/h3-8,10-11H,9H2,1-2H3,(H,17,19)/b4-3-. The monoisotopic (exact) mass is 271 g/mol. The van der Waals surface area contributed by atoms with Crippen molar-refractivity contribution in [2.75, 3.05) is 20.6 Å². The van der Waals surface area contributed by atoms with Crippen LogP contribution in [0.25, 0.3) is 17.5 Å². The Labute approximate surface area is 118 Å². The molecule has 0 amide bonds. The molecule has 0 aliphatic carbocycles. The van der Waals surface area contributed by atoms with Crippen LogP contribution in [0.3, 0.4) is 0 Å². The third kappa shape index (κ3) is 4.12. The van der Waals surface area contributed by atoms with Crippen LogP contribution in [0.5, 0.6) is 0 Å². The normalized spacial score (nSPS) is 11.3. The maximum absolute atomic E-state index is 5.16. The van der Waals surface area contributed by atoms with Gasteiger partial charge >= 0.3 is 0 Å². The molecule has 0 saturated heterocycles. The fourth-order valence-electron chi connectivity index (χ4n) is 1.69. The van der Waals surface area contributed by atoms with Crippen LogP contribution in [-0.2, 0) is 0 Å². The highest BCUT2D eigenvalue weighted by Gasteiger charge is 1.99. The number of aromatic amines is 1. The van der Waals surface area contributed by atoms with E-state index in [-0.39, 0.29) is 0 Å². The first-order chi connectivity index (χ1) is 9.15. The van der Waals surface area contributed by atoms with Crippen molar-refractivity contribution in [3.63, 3.8) is 0 Å². The average molecular weight is 271 g/mol. The zero-order valence-electron chi connectivity index (χ0n) is 11.1. The van der Waals surface area contributed by atoms with Crippen LogP contribution in [0.15, 0.2) is 42.7 Å². The number of hydrogen-bond donors (Lipinski definition) is 1. The van der Waals surface area contributed by atoms with Crippen molar-refractivity contribution in [1.82, 2.24) is 14.9 Å². The van der Waals surface area contributed by atoms with Gasteiger partial charge in [-0.05, 0) is 43.9 Å². The van der Waals surface area contributed by atoms with Gasteiger partial charge in [0.2, 0.25) is 0 Å². The van der Waals surface area contributed by atoms with Gasteiger partial charge in [-0.25, -0.2) is 0 Å². The van der Waals surface area contributed by atoms with Crippen molar-refractivity contribution in [1.29, 1.82) is 0 Å². The third-order valence-corrected chi connectivity index (χ3v) is 2.87. The van der Waals surface area contributed by atoms with E-state index in [1.165, 1.54) is 0 Å². The van der Waals surface area contributed by atoms with E-state index in [0.717, 1.165) is 28.0 Å². The summed E-state index contributed by atoms with van der Waals surface area (Å²) < 4.78 is 0.809. The van der Waals surface area contributed by atoms with Crippen LogP contribution in [0.4, 0.5) is 0 Å². The molecule has 0 spiro atoms. The number of pyridine rings is 2. The lowest BCUT2D eigenvalue weighted by Crippen LogP contribution is -2.10. The molecule has 0 aliphatic heterocycles. The van der Waals surface area contributed by atoms with Gasteiger partial charge < -0.3 is 9.88 Å². The van der Waals surface area contributed by atoms with Crippen LogP contribution in [0.1, 0.15) is 5.56 Å². The minimum atomic E-state index is 0.809. The van der Waals surface area contributed by atoms with Crippen LogP contribution in [0.2, 0.25) is 0 Å². The summed E-state index contributed by atoms with van der Waals surface area (Å²) in [6, 6.07) is 7.82. The molecule has 2 rings (SSSR count). The number of likely N-dealkylation sites (N-methyl/N-ethyl adjacent to an activating group) is 1. The number of hydrogen-bond acceptors (Lipinski definition) is 3. The summed E-state index contributed by atoms with van der Waals surface area (Å²) in [5, 5.41) is 0. The molecule has 3 nitrogen and oxygen atoms in total. The lowest BCUT2D eigenvalue weighted by Gasteiger charge is -2.04. The van der Waals surface area contributed by atoms with E-state index in [1.54, 1.807) is 0 Å². The van der Waals surface area contributed by atoms with Crippen molar-refractivity contribution in [2.24, 2.45) is 0 Å². The Morgan fingerprint density at radius 2 is 2.16 bits per heavy atom. The maximum Gasteiger partial charge on any atom is 0.0870 e. The van der Waals surface area contributed by atoms with Crippen molar-refractivity contribution in [2.45, 2.75) is 0 Å². The van der Waals surface area contributed by atoms with Crippen molar-refractivity contribution in [3.05, 3.63) is 52.8 Å². The maximum atomic E-state index is 5.16. The van der Waals surface area contributed by atoms with Gasteiger partial charge in [0.25, 0.3) is 0 Å². The summed E-state index contributed by atoms with van der Waals surface area (Å²) in [6.07, 6.45) is 7.89. The summed E-state index contributed by atoms with van der Waals surface area (Å²) in [7, 11) is 4.10. The van der Waals surface area contributed by atoms with Crippen molar-refractivity contribution < 1.29 is 0 Å². The zero-order valence-corrected chi connectivity index (χ0v) is 11.9. The quantitative estimate of drug-likeness (QED) is 0.865. The molecule has 0 aromatic carbocycles. The molecule has 0 bridgehead atoms.